The highest BCUT2D eigenvalue weighted by molar-refractivity contribution is 7.22. The molecule has 0 spiro atoms. The summed E-state index contributed by atoms with van der Waals surface area (Å²) >= 11 is 3.81. The smallest absolute Gasteiger partial charge is 0.332 e. The van der Waals surface area contributed by atoms with Crippen LogP contribution in [0.1, 0.15) is 142 Å². The molecule has 0 bridgehead atoms. The van der Waals surface area contributed by atoms with Crippen LogP contribution in [0.5, 0.6) is 0 Å². The van der Waals surface area contributed by atoms with Gasteiger partial charge in [0.05, 0.1) is 5.56 Å². The number of benzene rings is 2. The number of nitrogens with zero attached hydrogens (tertiary/aromatic N) is 6. The number of furan rings is 1. The first-order valence-electron chi connectivity index (χ1n) is 26.6. The summed E-state index contributed by atoms with van der Waals surface area (Å²) in [4.78, 5) is 2.86. The molecule has 0 fully saturated rings. The molecular weight excluding hydrogens is 945 g/mol. The van der Waals surface area contributed by atoms with Crippen molar-refractivity contribution in [2.75, 3.05) is 0 Å². The third-order valence-corrected chi connectivity index (χ3v) is 21.2. The third-order valence-electron chi connectivity index (χ3n) is 19.1. The summed E-state index contributed by atoms with van der Waals surface area (Å²) in [6, 6.07) is 19.6. The van der Waals surface area contributed by atoms with E-state index in [1.54, 1.807) is 0 Å². The zero-order valence-corrected chi connectivity index (χ0v) is 49.3. The molecule has 9 heteroatoms. The summed E-state index contributed by atoms with van der Waals surface area (Å²) in [6.45, 7) is 47.9. The molecule has 0 atom stereocenters. The predicted octanol–water partition coefficient (Wildman–Crippen LogP) is 15.6. The molecule has 0 N–H and O–H groups in total. The monoisotopic (exact) mass is 1020 g/mol. The van der Waals surface area contributed by atoms with Gasteiger partial charge in [0.15, 0.2) is 16.6 Å². The van der Waals surface area contributed by atoms with Gasteiger partial charge in [-0.05, 0) is 182 Å². The fourth-order valence-corrected chi connectivity index (χ4v) is 16.9. The normalized spacial score (nSPS) is 15.1. The Bertz CT molecular complexity index is 4140. The van der Waals surface area contributed by atoms with Gasteiger partial charge in [-0.1, -0.05) is 36.4 Å². The van der Waals surface area contributed by atoms with Gasteiger partial charge in [-0.2, -0.15) is 13.2 Å². The van der Waals surface area contributed by atoms with Crippen LogP contribution in [-0.4, -0.2) is 13.2 Å². The number of pyridine rings is 3. The van der Waals surface area contributed by atoms with E-state index in [-0.39, 0.29) is 16.6 Å². The van der Waals surface area contributed by atoms with Gasteiger partial charge in [0.25, 0.3) is 0 Å². The van der Waals surface area contributed by atoms with Crippen LogP contribution in [-0.2, 0) is 16.6 Å². The number of aryl methyl sites for hydroxylation is 9. The second kappa shape index (κ2) is 15.6. The van der Waals surface area contributed by atoms with Gasteiger partial charge in [-0.25, -0.2) is 13.7 Å². The summed E-state index contributed by atoms with van der Waals surface area (Å²) in [7, 11) is 0. The molecule has 0 saturated carbocycles. The molecule has 12 heterocycles. The van der Waals surface area contributed by atoms with E-state index in [1.165, 1.54) is 160 Å². The number of imidazole rings is 3. The molecule has 74 heavy (non-hydrogen) atoms. The summed E-state index contributed by atoms with van der Waals surface area (Å²) < 4.78 is 22.8. The second-order valence-corrected chi connectivity index (χ2v) is 25.6. The second-order valence-electron chi connectivity index (χ2n) is 23.6. The molecule has 0 saturated heterocycles. The van der Waals surface area contributed by atoms with E-state index in [0.29, 0.717) is 0 Å². The van der Waals surface area contributed by atoms with Crippen LogP contribution in [0.25, 0.3) is 70.6 Å². The van der Waals surface area contributed by atoms with Crippen molar-refractivity contribution in [2.45, 2.75) is 162 Å². The largest absolute Gasteiger partial charge is 0.448 e. The third kappa shape index (κ3) is 5.81. The molecule has 14 rings (SSSR count). The molecule has 378 valence electrons. The van der Waals surface area contributed by atoms with Crippen LogP contribution >= 0.6 is 22.7 Å². The fourth-order valence-electron chi connectivity index (χ4n) is 14.5. The number of thiophene rings is 2. The molecule has 3 aliphatic rings. The number of hydrogen-bond donors (Lipinski definition) is 0. The van der Waals surface area contributed by atoms with Crippen molar-refractivity contribution in [1.82, 2.24) is 13.2 Å². The van der Waals surface area contributed by atoms with E-state index >= 15 is 0 Å². The Kier molecular flexibility index (Phi) is 10.3. The molecule has 0 unspecified atom stereocenters. The zero-order chi connectivity index (χ0) is 53.1. The number of hydrogen-bond acceptors (Lipinski definition) is 3. The Balaban J connectivity index is 0.000000113. The lowest BCUT2D eigenvalue weighted by molar-refractivity contribution is -0.735. The summed E-state index contributed by atoms with van der Waals surface area (Å²) in [5.74, 6) is 4.93. The van der Waals surface area contributed by atoms with Crippen molar-refractivity contribution in [3.05, 3.63) is 161 Å². The van der Waals surface area contributed by atoms with Crippen LogP contribution < -0.4 is 13.7 Å². The van der Waals surface area contributed by atoms with E-state index in [9.17, 15) is 0 Å². The minimum absolute atomic E-state index is 0.0292. The van der Waals surface area contributed by atoms with Gasteiger partial charge in [0.2, 0.25) is 5.76 Å². The molecule has 7 nitrogen and oxygen atoms in total. The maximum absolute atomic E-state index is 6.42. The van der Waals surface area contributed by atoms with E-state index < -0.39 is 0 Å². The van der Waals surface area contributed by atoms with Gasteiger partial charge >= 0.3 is 17.5 Å². The predicted molar refractivity (Wildman–Crippen MR) is 308 cm³/mol. The lowest BCUT2D eigenvalue weighted by Gasteiger charge is -2.18. The van der Waals surface area contributed by atoms with Gasteiger partial charge in [0, 0.05) is 64.1 Å². The van der Waals surface area contributed by atoms with Gasteiger partial charge in [-0.3, -0.25) is 0 Å². The molecule has 11 aromatic rings. The summed E-state index contributed by atoms with van der Waals surface area (Å²) in [5.41, 5.74) is 29.8. The highest BCUT2D eigenvalue weighted by Gasteiger charge is 2.52. The maximum Gasteiger partial charge on any atom is 0.332 e. The number of fused-ring (bicyclic) bond motifs is 19. The molecule has 2 aromatic carbocycles. The lowest BCUT2D eigenvalue weighted by Crippen LogP contribution is -2.51. The molecular formula is C65H73N6OS2+3. The van der Waals surface area contributed by atoms with Crippen molar-refractivity contribution < 1.29 is 18.1 Å². The maximum atomic E-state index is 6.42. The van der Waals surface area contributed by atoms with Crippen LogP contribution in [0.2, 0.25) is 0 Å². The highest BCUT2D eigenvalue weighted by atomic mass is 32.1. The van der Waals surface area contributed by atoms with Crippen molar-refractivity contribution in [3.63, 3.8) is 0 Å². The van der Waals surface area contributed by atoms with Crippen LogP contribution in [0, 0.1) is 104 Å². The van der Waals surface area contributed by atoms with Crippen LogP contribution in [0.15, 0.2) is 64.4 Å². The Hall–Kier alpha value is -6.29. The fraction of sp³-hybridized carbons (Fsp3) is 0.369. The Labute approximate surface area is 445 Å². The summed E-state index contributed by atoms with van der Waals surface area (Å²) in [6.07, 6.45) is 0. The minimum atomic E-state index is -0.145. The van der Waals surface area contributed by atoms with Crippen molar-refractivity contribution in [2.24, 2.45) is 0 Å². The quantitative estimate of drug-likeness (QED) is 0.140. The van der Waals surface area contributed by atoms with E-state index in [2.05, 4.69) is 226 Å². The van der Waals surface area contributed by atoms with Crippen LogP contribution in [0.3, 0.4) is 0 Å². The number of rotatable bonds is 0. The molecule has 0 amide bonds. The van der Waals surface area contributed by atoms with Crippen molar-refractivity contribution in [1.29, 1.82) is 0 Å². The van der Waals surface area contributed by atoms with E-state index in [0.717, 1.165) is 11.3 Å². The molecule has 0 radical (unpaired) electrons. The molecule has 9 aromatic heterocycles. The average molecular weight is 1020 g/mol. The first-order valence-corrected chi connectivity index (χ1v) is 28.3. The Morgan fingerprint density at radius 1 is 0.419 bits per heavy atom. The van der Waals surface area contributed by atoms with E-state index in [4.69, 9.17) is 4.42 Å². The first kappa shape index (κ1) is 48.6. The van der Waals surface area contributed by atoms with Crippen LogP contribution in [0.4, 0.5) is 0 Å². The van der Waals surface area contributed by atoms with Crippen molar-refractivity contribution >= 4 is 60.3 Å². The number of aromatic nitrogens is 6. The Morgan fingerprint density at radius 2 is 0.838 bits per heavy atom. The SMILES string of the molecule is Cc1c(C)c(C)n2c3[n+](c(C)c2c1C)C(C)(C)c1c-3oc2ccccc12.Cc1c(C)c(C)n2c3[n+](c(C)c2c1C)C(C)(C)c1c-3sc2ccccc12.Cc1c(C)c(C)n2c3[n+](c(C)c2c1C)C(C)(C)c1ccsc1-3. The summed E-state index contributed by atoms with van der Waals surface area (Å²) in [5, 5.41) is 4.86. The average Bonchev–Trinajstić information content (AvgIpc) is 4.24. The minimum Gasteiger partial charge on any atom is -0.448 e. The van der Waals surface area contributed by atoms with Gasteiger partial charge < -0.3 is 4.42 Å². The standard InChI is InChI=1S/C23H25N2O.C23H25N2S.C19H23N2S/c2*1-12-13(2)15(4)24-20(14(12)3)16(5)25-22(24)21-19(23(25,6)7)17-10-8-9-11-18(17)26-21;1-10-11(2)13(4)20-16(12(10)3)14(5)21-18(20)17-15(8-9-22-17)19(21,6)7/h2*8-11H,1-7H3;8-9H,1-7H3/q3*+1. The topological polar surface area (TPSA) is 38.0 Å². The van der Waals surface area contributed by atoms with Gasteiger partial charge in [-0.15, -0.1) is 22.7 Å². The molecule has 0 aliphatic carbocycles. The zero-order valence-electron chi connectivity index (χ0n) is 47.7. The highest BCUT2D eigenvalue weighted by Crippen LogP contribution is 2.51. The Morgan fingerprint density at radius 3 is 1.36 bits per heavy atom. The first-order chi connectivity index (χ1) is 34.8. The van der Waals surface area contributed by atoms with Gasteiger partial charge in [0.1, 0.15) is 66.1 Å². The van der Waals surface area contributed by atoms with E-state index in [1.807, 2.05) is 28.7 Å². The number of para-hydroxylation sites is 1. The van der Waals surface area contributed by atoms with Crippen molar-refractivity contribution in [3.8, 4) is 33.0 Å². The lowest BCUT2D eigenvalue weighted by atomic mass is 9.93. The molecule has 3 aliphatic heterocycles.